The van der Waals surface area contributed by atoms with Gasteiger partial charge in [-0.15, -0.1) is 0 Å². The normalized spacial score (nSPS) is 26.8. The molecule has 0 aromatic rings. The molecule has 0 bridgehead atoms. The molecule has 114 valence electrons. The summed E-state index contributed by atoms with van der Waals surface area (Å²) in [4.78, 5) is 0. The zero-order chi connectivity index (χ0) is 14.7. The lowest BCUT2D eigenvalue weighted by Crippen LogP contribution is -2.45. The maximum Gasteiger partial charge on any atom is 0.0678 e. The highest BCUT2D eigenvalue weighted by molar-refractivity contribution is 7.99. The third-order valence-corrected chi connectivity index (χ3v) is 5.34. The summed E-state index contributed by atoms with van der Waals surface area (Å²) in [6.45, 7) is 16.8. The van der Waals surface area contributed by atoms with Crippen LogP contribution in [0.15, 0.2) is 0 Å². The van der Waals surface area contributed by atoms with E-state index in [1.807, 2.05) is 0 Å². The molecule has 0 aromatic carbocycles. The average Bonchev–Trinajstić information content (AvgIpc) is 2.45. The Balaban J connectivity index is 2.64. The van der Waals surface area contributed by atoms with E-state index in [1.165, 1.54) is 11.5 Å². The van der Waals surface area contributed by atoms with E-state index in [4.69, 9.17) is 4.74 Å². The van der Waals surface area contributed by atoms with Gasteiger partial charge in [0.25, 0.3) is 0 Å². The van der Waals surface area contributed by atoms with E-state index in [1.54, 1.807) is 0 Å². The summed E-state index contributed by atoms with van der Waals surface area (Å²) in [6.07, 6.45) is 1.15. The lowest BCUT2D eigenvalue weighted by molar-refractivity contribution is -0.0769. The van der Waals surface area contributed by atoms with Gasteiger partial charge in [-0.3, -0.25) is 0 Å². The summed E-state index contributed by atoms with van der Waals surface area (Å²) in [6, 6.07) is 0.561. The molecule has 0 radical (unpaired) electrons. The molecule has 0 spiro atoms. The Morgan fingerprint density at radius 3 is 2.26 bits per heavy atom. The number of thioether (sulfide) groups is 1. The standard InChI is InChI=1S/C16H33NOS/c1-8-17-14(11-19-10-12(2)3)13-9-15(4,5)18-16(13,6)7/h12-14,17H,8-11H2,1-7H3. The highest BCUT2D eigenvalue weighted by Gasteiger charge is 2.48. The van der Waals surface area contributed by atoms with Crippen molar-refractivity contribution in [2.24, 2.45) is 11.8 Å². The van der Waals surface area contributed by atoms with Gasteiger partial charge >= 0.3 is 0 Å². The predicted molar refractivity (Wildman–Crippen MR) is 87.0 cm³/mol. The fourth-order valence-corrected chi connectivity index (χ4v) is 4.45. The number of hydrogen-bond acceptors (Lipinski definition) is 3. The van der Waals surface area contributed by atoms with Crippen molar-refractivity contribution in [3.8, 4) is 0 Å². The van der Waals surface area contributed by atoms with Crippen molar-refractivity contribution in [2.45, 2.75) is 72.1 Å². The summed E-state index contributed by atoms with van der Waals surface area (Å²) in [7, 11) is 0. The van der Waals surface area contributed by atoms with Crippen LogP contribution in [0.1, 0.15) is 54.9 Å². The monoisotopic (exact) mass is 287 g/mol. The molecule has 2 nitrogen and oxygen atoms in total. The van der Waals surface area contributed by atoms with E-state index in [0.29, 0.717) is 12.0 Å². The van der Waals surface area contributed by atoms with Crippen LogP contribution in [-0.2, 0) is 4.74 Å². The molecule has 0 aliphatic carbocycles. The third kappa shape index (κ3) is 5.28. The second kappa shape index (κ2) is 6.82. The molecule has 1 heterocycles. The van der Waals surface area contributed by atoms with Crippen molar-refractivity contribution in [2.75, 3.05) is 18.1 Å². The molecule has 0 amide bonds. The summed E-state index contributed by atoms with van der Waals surface area (Å²) >= 11 is 2.08. The number of hydrogen-bond donors (Lipinski definition) is 1. The van der Waals surface area contributed by atoms with Crippen molar-refractivity contribution in [3.05, 3.63) is 0 Å². The first-order valence-electron chi connectivity index (χ1n) is 7.69. The quantitative estimate of drug-likeness (QED) is 0.766. The van der Waals surface area contributed by atoms with E-state index in [0.717, 1.165) is 18.9 Å². The van der Waals surface area contributed by atoms with Crippen molar-refractivity contribution in [1.29, 1.82) is 0 Å². The summed E-state index contributed by atoms with van der Waals surface area (Å²) in [5.74, 6) is 3.82. The molecule has 1 fully saturated rings. The van der Waals surface area contributed by atoms with Crippen LogP contribution in [-0.4, -0.2) is 35.3 Å². The third-order valence-electron chi connectivity index (χ3n) is 3.84. The maximum absolute atomic E-state index is 6.25. The predicted octanol–water partition coefficient (Wildman–Crippen LogP) is 3.95. The molecule has 1 aliphatic heterocycles. The van der Waals surface area contributed by atoms with E-state index in [-0.39, 0.29) is 11.2 Å². The van der Waals surface area contributed by atoms with Crippen molar-refractivity contribution >= 4 is 11.8 Å². The Kier molecular flexibility index (Phi) is 6.22. The maximum atomic E-state index is 6.25. The summed E-state index contributed by atoms with van der Waals surface area (Å²) in [5.41, 5.74) is -0.000714. The van der Waals surface area contributed by atoms with Crippen LogP contribution >= 0.6 is 11.8 Å². The van der Waals surface area contributed by atoms with Gasteiger partial charge in [0, 0.05) is 17.7 Å². The zero-order valence-corrected chi connectivity index (χ0v) is 14.7. The molecule has 1 saturated heterocycles. The van der Waals surface area contributed by atoms with E-state index >= 15 is 0 Å². The Morgan fingerprint density at radius 2 is 1.84 bits per heavy atom. The minimum atomic E-state index is -0.0191. The molecule has 1 N–H and O–H groups in total. The minimum Gasteiger partial charge on any atom is -0.369 e. The van der Waals surface area contributed by atoms with Gasteiger partial charge in [0.1, 0.15) is 0 Å². The Labute approximate surface area is 124 Å². The van der Waals surface area contributed by atoms with Crippen LogP contribution in [0.3, 0.4) is 0 Å². The Hall–Kier alpha value is 0.270. The zero-order valence-electron chi connectivity index (χ0n) is 13.9. The van der Waals surface area contributed by atoms with Gasteiger partial charge in [-0.2, -0.15) is 11.8 Å². The topological polar surface area (TPSA) is 21.3 Å². The molecular weight excluding hydrogens is 254 g/mol. The number of rotatable bonds is 7. The van der Waals surface area contributed by atoms with Crippen molar-refractivity contribution in [3.63, 3.8) is 0 Å². The molecule has 19 heavy (non-hydrogen) atoms. The second-order valence-corrected chi connectivity index (χ2v) is 8.45. The lowest BCUT2D eigenvalue weighted by Gasteiger charge is -2.33. The largest absolute Gasteiger partial charge is 0.369 e. The smallest absolute Gasteiger partial charge is 0.0678 e. The fourth-order valence-electron chi connectivity index (χ4n) is 3.24. The first-order valence-corrected chi connectivity index (χ1v) is 8.84. The first kappa shape index (κ1) is 17.3. The molecule has 2 unspecified atom stereocenters. The summed E-state index contributed by atoms with van der Waals surface area (Å²) < 4.78 is 6.25. The Morgan fingerprint density at radius 1 is 1.21 bits per heavy atom. The van der Waals surface area contributed by atoms with Gasteiger partial charge in [-0.25, -0.2) is 0 Å². The fraction of sp³-hybridized carbons (Fsp3) is 1.00. The molecule has 3 heteroatoms. The van der Waals surface area contributed by atoms with E-state index in [2.05, 4.69) is 65.5 Å². The van der Waals surface area contributed by atoms with Crippen molar-refractivity contribution < 1.29 is 4.74 Å². The highest BCUT2D eigenvalue weighted by atomic mass is 32.2. The molecule has 1 aliphatic rings. The summed E-state index contributed by atoms with van der Waals surface area (Å²) in [5, 5.41) is 3.69. The minimum absolute atomic E-state index is 0.0184. The number of nitrogens with one attached hydrogen (secondary N) is 1. The van der Waals surface area contributed by atoms with Crippen LogP contribution in [0.2, 0.25) is 0 Å². The van der Waals surface area contributed by atoms with Gasteiger partial charge < -0.3 is 10.1 Å². The Bertz CT molecular complexity index is 276. The van der Waals surface area contributed by atoms with Crippen LogP contribution < -0.4 is 5.32 Å². The SMILES string of the molecule is CCNC(CSCC(C)C)C1CC(C)(C)OC1(C)C. The van der Waals surface area contributed by atoms with Gasteiger partial charge in [0.15, 0.2) is 0 Å². The van der Waals surface area contributed by atoms with E-state index < -0.39 is 0 Å². The van der Waals surface area contributed by atoms with Crippen LogP contribution in [0, 0.1) is 11.8 Å². The second-order valence-electron chi connectivity index (χ2n) is 7.37. The van der Waals surface area contributed by atoms with Crippen molar-refractivity contribution in [1.82, 2.24) is 5.32 Å². The van der Waals surface area contributed by atoms with Gasteiger partial charge in [-0.05, 0) is 52.3 Å². The van der Waals surface area contributed by atoms with Gasteiger partial charge in [-0.1, -0.05) is 20.8 Å². The molecule has 0 aromatic heterocycles. The van der Waals surface area contributed by atoms with Crippen LogP contribution in [0.4, 0.5) is 0 Å². The molecule has 1 rings (SSSR count). The highest BCUT2D eigenvalue weighted by Crippen LogP contribution is 2.44. The molecule has 2 atom stereocenters. The van der Waals surface area contributed by atoms with Crippen LogP contribution in [0.25, 0.3) is 0 Å². The molecule has 0 saturated carbocycles. The lowest BCUT2D eigenvalue weighted by atomic mass is 9.82. The first-order chi connectivity index (χ1) is 8.68. The number of ether oxygens (including phenoxy) is 1. The average molecular weight is 288 g/mol. The van der Waals surface area contributed by atoms with E-state index in [9.17, 15) is 0 Å². The van der Waals surface area contributed by atoms with Crippen LogP contribution in [0.5, 0.6) is 0 Å². The molecular formula is C16H33NOS. The van der Waals surface area contributed by atoms with Gasteiger partial charge in [0.05, 0.1) is 11.2 Å². The van der Waals surface area contributed by atoms with Gasteiger partial charge in [0.2, 0.25) is 0 Å².